The molecule has 0 amide bonds. The first kappa shape index (κ1) is 12.4. The standard InChI is InChI=1S/C14H27NO/c1-12(13-7-4-2-3-5-8-13)15-11-14-9-6-10-16-14/h12-15H,2-11H2,1H3/t12-,14?/m1/s1. The molecule has 2 aliphatic rings. The quantitative estimate of drug-likeness (QED) is 0.742. The fraction of sp³-hybridized carbons (Fsp3) is 1.00. The van der Waals surface area contributed by atoms with Gasteiger partial charge in [-0.15, -0.1) is 0 Å². The molecule has 1 aliphatic carbocycles. The van der Waals surface area contributed by atoms with Crippen molar-refractivity contribution in [3.63, 3.8) is 0 Å². The van der Waals surface area contributed by atoms with Crippen LogP contribution in [-0.2, 0) is 4.74 Å². The molecule has 1 heterocycles. The smallest absolute Gasteiger partial charge is 0.0700 e. The molecule has 2 fully saturated rings. The highest BCUT2D eigenvalue weighted by Crippen LogP contribution is 2.25. The molecule has 1 N–H and O–H groups in total. The van der Waals surface area contributed by atoms with Crippen molar-refractivity contribution in [1.82, 2.24) is 5.32 Å². The lowest BCUT2D eigenvalue weighted by atomic mass is 9.93. The van der Waals surface area contributed by atoms with Crippen LogP contribution in [-0.4, -0.2) is 25.3 Å². The molecule has 0 aromatic carbocycles. The molecule has 1 aliphatic heterocycles. The zero-order valence-electron chi connectivity index (χ0n) is 10.7. The summed E-state index contributed by atoms with van der Waals surface area (Å²) < 4.78 is 5.65. The molecule has 0 aromatic heterocycles. The maximum atomic E-state index is 5.65. The number of hydrogen-bond acceptors (Lipinski definition) is 2. The summed E-state index contributed by atoms with van der Waals surface area (Å²) in [5, 5.41) is 3.70. The van der Waals surface area contributed by atoms with Gasteiger partial charge in [0, 0.05) is 19.2 Å². The van der Waals surface area contributed by atoms with Crippen molar-refractivity contribution in [2.75, 3.05) is 13.2 Å². The molecule has 1 saturated heterocycles. The van der Waals surface area contributed by atoms with E-state index in [1.807, 2.05) is 0 Å². The summed E-state index contributed by atoms with van der Waals surface area (Å²) in [5.41, 5.74) is 0. The van der Waals surface area contributed by atoms with Gasteiger partial charge < -0.3 is 10.1 Å². The molecule has 2 heteroatoms. The van der Waals surface area contributed by atoms with Crippen LogP contribution >= 0.6 is 0 Å². The summed E-state index contributed by atoms with van der Waals surface area (Å²) in [6, 6.07) is 0.683. The summed E-state index contributed by atoms with van der Waals surface area (Å²) in [7, 11) is 0. The molecule has 0 spiro atoms. The maximum absolute atomic E-state index is 5.65. The lowest BCUT2D eigenvalue weighted by Crippen LogP contribution is -2.38. The van der Waals surface area contributed by atoms with E-state index in [1.54, 1.807) is 0 Å². The van der Waals surface area contributed by atoms with E-state index in [-0.39, 0.29) is 0 Å². The Morgan fingerprint density at radius 1 is 1.06 bits per heavy atom. The molecule has 0 bridgehead atoms. The number of ether oxygens (including phenoxy) is 1. The Kier molecular flexibility index (Phi) is 5.11. The molecule has 2 rings (SSSR count). The van der Waals surface area contributed by atoms with Crippen LogP contribution < -0.4 is 5.32 Å². The van der Waals surface area contributed by atoms with Gasteiger partial charge in [-0.25, -0.2) is 0 Å². The Bertz CT molecular complexity index is 181. The summed E-state index contributed by atoms with van der Waals surface area (Å²) in [6.45, 7) is 4.41. The zero-order valence-corrected chi connectivity index (χ0v) is 10.7. The molecule has 94 valence electrons. The minimum absolute atomic E-state index is 0.494. The molecule has 1 saturated carbocycles. The minimum atomic E-state index is 0.494. The molecule has 1 unspecified atom stereocenters. The highest BCUT2D eigenvalue weighted by molar-refractivity contribution is 4.77. The second-order valence-corrected chi connectivity index (χ2v) is 5.58. The predicted molar refractivity (Wildman–Crippen MR) is 67.6 cm³/mol. The van der Waals surface area contributed by atoms with Crippen LogP contribution in [0, 0.1) is 5.92 Å². The number of nitrogens with one attached hydrogen (secondary N) is 1. The van der Waals surface area contributed by atoms with E-state index in [1.165, 1.54) is 51.4 Å². The second-order valence-electron chi connectivity index (χ2n) is 5.58. The van der Waals surface area contributed by atoms with E-state index in [0.717, 1.165) is 19.1 Å². The fourth-order valence-corrected chi connectivity index (χ4v) is 3.10. The molecule has 0 radical (unpaired) electrons. The lowest BCUT2D eigenvalue weighted by Gasteiger charge is -2.25. The largest absolute Gasteiger partial charge is 0.377 e. The van der Waals surface area contributed by atoms with Crippen LogP contribution in [0.5, 0.6) is 0 Å². The Hall–Kier alpha value is -0.0800. The van der Waals surface area contributed by atoms with Crippen molar-refractivity contribution in [2.45, 2.75) is 70.4 Å². The Morgan fingerprint density at radius 3 is 2.44 bits per heavy atom. The average Bonchev–Trinajstić information content (AvgIpc) is 2.66. The minimum Gasteiger partial charge on any atom is -0.377 e. The van der Waals surface area contributed by atoms with Crippen LogP contribution in [0.3, 0.4) is 0 Å². The van der Waals surface area contributed by atoms with Crippen molar-refractivity contribution < 1.29 is 4.74 Å². The van der Waals surface area contributed by atoms with Crippen LogP contribution in [0.2, 0.25) is 0 Å². The second kappa shape index (κ2) is 6.61. The first-order valence-corrected chi connectivity index (χ1v) is 7.21. The van der Waals surface area contributed by atoms with Gasteiger partial charge in [-0.2, -0.15) is 0 Å². The van der Waals surface area contributed by atoms with Crippen LogP contribution in [0.4, 0.5) is 0 Å². The maximum Gasteiger partial charge on any atom is 0.0700 e. The summed E-state index contributed by atoms with van der Waals surface area (Å²) in [6.07, 6.45) is 11.7. The highest BCUT2D eigenvalue weighted by atomic mass is 16.5. The van der Waals surface area contributed by atoms with E-state index < -0.39 is 0 Å². The first-order chi connectivity index (χ1) is 7.86. The van der Waals surface area contributed by atoms with Crippen LogP contribution in [0.15, 0.2) is 0 Å². The van der Waals surface area contributed by atoms with E-state index in [0.29, 0.717) is 12.1 Å². The predicted octanol–water partition coefficient (Wildman–Crippen LogP) is 3.11. The van der Waals surface area contributed by atoms with Gasteiger partial charge >= 0.3 is 0 Å². The molecule has 2 atom stereocenters. The van der Waals surface area contributed by atoms with E-state index in [2.05, 4.69) is 12.2 Å². The normalized spacial score (nSPS) is 30.2. The molecular formula is C14H27NO. The van der Waals surface area contributed by atoms with Crippen molar-refractivity contribution in [1.29, 1.82) is 0 Å². The average molecular weight is 225 g/mol. The van der Waals surface area contributed by atoms with E-state index in [9.17, 15) is 0 Å². The monoisotopic (exact) mass is 225 g/mol. The molecule has 0 aromatic rings. The van der Waals surface area contributed by atoms with Crippen molar-refractivity contribution in [3.8, 4) is 0 Å². The summed E-state index contributed by atoms with van der Waals surface area (Å²) >= 11 is 0. The summed E-state index contributed by atoms with van der Waals surface area (Å²) in [4.78, 5) is 0. The van der Waals surface area contributed by atoms with Crippen LogP contribution in [0.1, 0.15) is 58.3 Å². The topological polar surface area (TPSA) is 21.3 Å². The molecule has 2 nitrogen and oxygen atoms in total. The Labute approximate surface area is 100 Å². The van der Waals surface area contributed by atoms with Gasteiger partial charge in [0.05, 0.1) is 6.10 Å². The van der Waals surface area contributed by atoms with Gasteiger partial charge in [-0.05, 0) is 38.5 Å². The van der Waals surface area contributed by atoms with Crippen LogP contribution in [0.25, 0.3) is 0 Å². The van der Waals surface area contributed by atoms with E-state index in [4.69, 9.17) is 4.74 Å². The Balaban J connectivity index is 1.66. The highest BCUT2D eigenvalue weighted by Gasteiger charge is 2.21. The number of hydrogen-bond donors (Lipinski definition) is 1. The van der Waals surface area contributed by atoms with Gasteiger partial charge in [0.2, 0.25) is 0 Å². The van der Waals surface area contributed by atoms with Gasteiger partial charge in [0.25, 0.3) is 0 Å². The fourth-order valence-electron chi connectivity index (χ4n) is 3.10. The van der Waals surface area contributed by atoms with E-state index >= 15 is 0 Å². The zero-order chi connectivity index (χ0) is 11.2. The van der Waals surface area contributed by atoms with Crippen molar-refractivity contribution in [3.05, 3.63) is 0 Å². The van der Waals surface area contributed by atoms with Gasteiger partial charge in [0.1, 0.15) is 0 Å². The first-order valence-electron chi connectivity index (χ1n) is 7.21. The Morgan fingerprint density at radius 2 is 1.81 bits per heavy atom. The van der Waals surface area contributed by atoms with Gasteiger partial charge in [-0.1, -0.05) is 25.7 Å². The molecular weight excluding hydrogens is 198 g/mol. The SMILES string of the molecule is C[C@@H](NCC1CCCO1)C1CCCCCC1. The summed E-state index contributed by atoms with van der Waals surface area (Å²) in [5.74, 6) is 0.906. The third-order valence-electron chi connectivity index (χ3n) is 4.30. The third-order valence-corrected chi connectivity index (χ3v) is 4.30. The van der Waals surface area contributed by atoms with Crippen molar-refractivity contribution in [2.24, 2.45) is 5.92 Å². The lowest BCUT2D eigenvalue weighted by molar-refractivity contribution is 0.105. The molecule has 16 heavy (non-hydrogen) atoms. The van der Waals surface area contributed by atoms with Gasteiger partial charge in [-0.3, -0.25) is 0 Å². The third kappa shape index (κ3) is 3.74. The number of rotatable bonds is 4. The van der Waals surface area contributed by atoms with Crippen molar-refractivity contribution >= 4 is 0 Å². The van der Waals surface area contributed by atoms with Gasteiger partial charge in [0.15, 0.2) is 0 Å².